The van der Waals surface area contributed by atoms with Gasteiger partial charge in [-0.1, -0.05) is 35.4 Å². The Hall–Kier alpha value is -1.06. The highest BCUT2D eigenvalue weighted by molar-refractivity contribution is 6.29. The second-order valence-corrected chi connectivity index (χ2v) is 4.23. The molecule has 4 heteroatoms. The third-order valence-electron chi connectivity index (χ3n) is 2.18. The molecule has 0 amide bonds. The van der Waals surface area contributed by atoms with Gasteiger partial charge >= 0.3 is 5.97 Å². The molecule has 1 aliphatic heterocycles. The molecule has 1 aliphatic rings. The highest BCUT2D eigenvalue weighted by Crippen LogP contribution is 2.07. The van der Waals surface area contributed by atoms with Gasteiger partial charge in [-0.2, -0.15) is 0 Å². The van der Waals surface area contributed by atoms with Crippen LogP contribution in [-0.4, -0.2) is 25.8 Å². The first kappa shape index (κ1) is 14.0. The zero-order chi connectivity index (χ0) is 12.5. The van der Waals surface area contributed by atoms with E-state index in [0.29, 0.717) is 31.3 Å². The minimum atomic E-state index is -0.316. The zero-order valence-electron chi connectivity index (χ0n) is 9.95. The summed E-state index contributed by atoms with van der Waals surface area (Å²) in [6.07, 6.45) is 8.48. The molecule has 0 N–H and O–H groups in total. The van der Waals surface area contributed by atoms with Gasteiger partial charge in [0.1, 0.15) is 0 Å². The first-order chi connectivity index (χ1) is 8.18. The highest BCUT2D eigenvalue weighted by Gasteiger charge is 1.98. The Kier molecular flexibility index (Phi) is 6.67. The van der Waals surface area contributed by atoms with Crippen molar-refractivity contribution >= 4 is 17.6 Å². The zero-order valence-corrected chi connectivity index (χ0v) is 10.7. The Morgan fingerprint density at radius 2 is 2.06 bits per heavy atom. The summed E-state index contributed by atoms with van der Waals surface area (Å²) in [5, 5.41) is 0.701. The molecule has 0 spiro atoms. The molecule has 0 saturated carbocycles. The summed E-state index contributed by atoms with van der Waals surface area (Å²) in [5.74, 6) is -0.316. The van der Waals surface area contributed by atoms with Gasteiger partial charge in [0.25, 0.3) is 0 Å². The van der Waals surface area contributed by atoms with Crippen LogP contribution in [0.3, 0.4) is 0 Å². The quantitative estimate of drug-likeness (QED) is 0.625. The molecular formula is C13H17ClO3. The van der Waals surface area contributed by atoms with Crippen LogP contribution in [0.4, 0.5) is 0 Å². The van der Waals surface area contributed by atoms with Crippen LogP contribution in [0.2, 0.25) is 0 Å². The molecule has 3 nitrogen and oxygen atoms in total. The summed E-state index contributed by atoms with van der Waals surface area (Å²) in [6.45, 7) is 3.25. The molecule has 1 rings (SSSR count). The Morgan fingerprint density at radius 1 is 1.24 bits per heavy atom. The van der Waals surface area contributed by atoms with Crippen LogP contribution in [-0.2, 0) is 14.3 Å². The Morgan fingerprint density at radius 3 is 2.88 bits per heavy atom. The van der Waals surface area contributed by atoms with Gasteiger partial charge in [0.2, 0.25) is 0 Å². The van der Waals surface area contributed by atoms with Crippen LogP contribution in [0.15, 0.2) is 34.9 Å². The van der Waals surface area contributed by atoms with Gasteiger partial charge in [0, 0.05) is 17.5 Å². The van der Waals surface area contributed by atoms with E-state index in [2.05, 4.69) is 0 Å². The summed E-state index contributed by atoms with van der Waals surface area (Å²) < 4.78 is 10.3. The molecular weight excluding hydrogens is 240 g/mol. The first-order valence-corrected chi connectivity index (χ1v) is 6.00. The van der Waals surface area contributed by atoms with E-state index in [-0.39, 0.29) is 5.97 Å². The lowest BCUT2D eigenvalue weighted by molar-refractivity contribution is -0.138. The lowest BCUT2D eigenvalue weighted by Crippen LogP contribution is -2.06. The van der Waals surface area contributed by atoms with Gasteiger partial charge < -0.3 is 9.47 Å². The Bertz CT molecular complexity index is 343. The fraction of sp³-hybridized carbons (Fsp3) is 0.462. The average molecular weight is 257 g/mol. The third kappa shape index (κ3) is 6.97. The number of cyclic esters (lactones) is 1. The molecule has 0 atom stereocenters. The van der Waals surface area contributed by atoms with Crippen molar-refractivity contribution in [3.05, 3.63) is 34.9 Å². The van der Waals surface area contributed by atoms with Crippen molar-refractivity contribution in [2.24, 2.45) is 0 Å². The normalized spacial score (nSPS) is 28.0. The van der Waals surface area contributed by atoms with E-state index in [0.717, 1.165) is 12.0 Å². The largest absolute Gasteiger partial charge is 0.462 e. The van der Waals surface area contributed by atoms with E-state index >= 15 is 0 Å². The van der Waals surface area contributed by atoms with Gasteiger partial charge in [-0.15, -0.1) is 0 Å². The SMILES string of the molecule is CC1=C/C/C=C(/Cl)COCCCOC(=O)\C=C\1. The van der Waals surface area contributed by atoms with Crippen LogP contribution < -0.4 is 0 Å². The van der Waals surface area contributed by atoms with Gasteiger partial charge in [-0.25, -0.2) is 4.79 Å². The van der Waals surface area contributed by atoms with Crippen molar-refractivity contribution in [2.45, 2.75) is 19.8 Å². The van der Waals surface area contributed by atoms with Gasteiger partial charge in [0.15, 0.2) is 0 Å². The Balaban J connectivity index is 2.62. The number of rotatable bonds is 0. The third-order valence-corrected chi connectivity index (χ3v) is 2.44. The number of esters is 1. The summed E-state index contributed by atoms with van der Waals surface area (Å²) in [7, 11) is 0. The highest BCUT2D eigenvalue weighted by atomic mass is 35.5. The number of halogens is 1. The van der Waals surface area contributed by atoms with E-state index in [1.165, 1.54) is 6.08 Å². The number of ether oxygens (including phenoxy) is 2. The van der Waals surface area contributed by atoms with Crippen LogP contribution in [0.25, 0.3) is 0 Å². The smallest absolute Gasteiger partial charge is 0.330 e. The molecule has 0 bridgehead atoms. The predicted molar refractivity (Wildman–Crippen MR) is 67.8 cm³/mol. The molecule has 0 fully saturated rings. The van der Waals surface area contributed by atoms with Crippen LogP contribution in [0.1, 0.15) is 19.8 Å². The maximum absolute atomic E-state index is 11.2. The first-order valence-electron chi connectivity index (χ1n) is 5.62. The number of hydrogen-bond acceptors (Lipinski definition) is 3. The minimum absolute atomic E-state index is 0.316. The predicted octanol–water partition coefficient (Wildman–Crippen LogP) is 2.97. The molecule has 0 radical (unpaired) electrons. The number of carbonyl (C=O) groups is 1. The molecule has 17 heavy (non-hydrogen) atoms. The molecule has 0 saturated heterocycles. The molecule has 0 aromatic heterocycles. The molecule has 0 aromatic rings. The fourth-order valence-electron chi connectivity index (χ4n) is 1.25. The second kappa shape index (κ2) is 8.09. The average Bonchev–Trinajstić information content (AvgIpc) is 2.30. The number of carbonyl (C=O) groups excluding carboxylic acids is 1. The van der Waals surface area contributed by atoms with Crippen molar-refractivity contribution in [3.8, 4) is 0 Å². The van der Waals surface area contributed by atoms with Crippen LogP contribution in [0, 0.1) is 0 Å². The monoisotopic (exact) mass is 256 g/mol. The molecule has 1 heterocycles. The van der Waals surface area contributed by atoms with E-state index in [4.69, 9.17) is 21.1 Å². The van der Waals surface area contributed by atoms with Crippen molar-refractivity contribution in [3.63, 3.8) is 0 Å². The van der Waals surface area contributed by atoms with Crippen molar-refractivity contribution in [2.75, 3.05) is 19.8 Å². The van der Waals surface area contributed by atoms with E-state index < -0.39 is 0 Å². The van der Waals surface area contributed by atoms with Gasteiger partial charge in [-0.3, -0.25) is 0 Å². The van der Waals surface area contributed by atoms with Gasteiger partial charge in [-0.05, 0) is 13.3 Å². The van der Waals surface area contributed by atoms with E-state index in [9.17, 15) is 4.79 Å². The van der Waals surface area contributed by atoms with Crippen molar-refractivity contribution in [1.29, 1.82) is 0 Å². The second-order valence-electron chi connectivity index (χ2n) is 3.74. The Labute approximate surface area is 107 Å². The van der Waals surface area contributed by atoms with Crippen LogP contribution in [0.5, 0.6) is 0 Å². The molecule has 0 aromatic carbocycles. The summed E-state index contributed by atoms with van der Waals surface area (Å²) >= 11 is 5.96. The summed E-state index contributed by atoms with van der Waals surface area (Å²) in [6, 6.07) is 0. The topological polar surface area (TPSA) is 35.5 Å². The van der Waals surface area contributed by atoms with Gasteiger partial charge in [0.05, 0.1) is 19.8 Å². The minimum Gasteiger partial charge on any atom is -0.462 e. The van der Waals surface area contributed by atoms with Crippen molar-refractivity contribution in [1.82, 2.24) is 0 Å². The lowest BCUT2D eigenvalue weighted by atomic mass is 10.2. The maximum Gasteiger partial charge on any atom is 0.330 e. The lowest BCUT2D eigenvalue weighted by Gasteiger charge is -2.05. The van der Waals surface area contributed by atoms with Crippen LogP contribution >= 0.6 is 11.6 Å². The number of allylic oxidation sites excluding steroid dienone is 4. The molecule has 0 aliphatic carbocycles. The maximum atomic E-state index is 11.2. The summed E-state index contributed by atoms with van der Waals surface area (Å²) in [4.78, 5) is 11.2. The van der Waals surface area contributed by atoms with Crippen molar-refractivity contribution < 1.29 is 14.3 Å². The summed E-state index contributed by atoms with van der Waals surface area (Å²) in [5.41, 5.74) is 1.00. The van der Waals surface area contributed by atoms with E-state index in [1.807, 2.05) is 19.1 Å². The number of hydrogen-bond donors (Lipinski definition) is 0. The standard InChI is InChI=1S/C13H17ClO3/c1-11-4-2-5-12(14)10-16-8-3-9-17-13(15)7-6-11/h4-7H,2-3,8-10H2,1H3/b7-6+,11-4-,12-5+. The fourth-order valence-corrected chi connectivity index (χ4v) is 1.42. The molecule has 0 unspecified atom stereocenters. The van der Waals surface area contributed by atoms with E-state index in [1.54, 1.807) is 6.08 Å². The molecule has 94 valence electrons.